The number of aromatic amines is 1. The number of halogens is 1. The standard InChI is InChI=1S/C19H20ClN5O/c1-13-2-7-16-17(12-13)23-18(22-16)24-8-10-25(11-9-24)19(26)21-15-5-3-14(20)4-6-15/h2-7,12H,8-11H2,1H3,(H,21,26)(H,22,23). The van der Waals surface area contributed by atoms with Crippen molar-refractivity contribution in [2.45, 2.75) is 6.92 Å². The Hall–Kier alpha value is -2.73. The molecule has 0 radical (unpaired) electrons. The molecule has 1 fully saturated rings. The van der Waals surface area contributed by atoms with Crippen LogP contribution in [0.15, 0.2) is 42.5 Å². The predicted molar refractivity (Wildman–Crippen MR) is 105 cm³/mol. The fraction of sp³-hybridized carbons (Fsp3) is 0.263. The molecule has 0 spiro atoms. The van der Waals surface area contributed by atoms with Crippen LogP contribution in [0, 0.1) is 6.92 Å². The highest BCUT2D eigenvalue weighted by molar-refractivity contribution is 6.30. The Bertz CT molecular complexity index is 929. The van der Waals surface area contributed by atoms with Crippen LogP contribution in [0.2, 0.25) is 5.02 Å². The lowest BCUT2D eigenvalue weighted by Gasteiger charge is -2.34. The molecule has 0 bridgehead atoms. The maximum absolute atomic E-state index is 12.4. The molecule has 0 aliphatic carbocycles. The van der Waals surface area contributed by atoms with Crippen LogP contribution in [0.5, 0.6) is 0 Å². The van der Waals surface area contributed by atoms with Crippen molar-refractivity contribution in [1.29, 1.82) is 0 Å². The summed E-state index contributed by atoms with van der Waals surface area (Å²) in [5.74, 6) is 0.864. The number of fused-ring (bicyclic) bond motifs is 1. The lowest BCUT2D eigenvalue weighted by atomic mass is 10.2. The number of anilines is 2. The van der Waals surface area contributed by atoms with Crippen molar-refractivity contribution in [3.05, 3.63) is 53.1 Å². The minimum Gasteiger partial charge on any atom is -0.339 e. The van der Waals surface area contributed by atoms with Crippen LogP contribution in [-0.2, 0) is 0 Å². The average molecular weight is 370 g/mol. The van der Waals surface area contributed by atoms with Crippen molar-refractivity contribution in [3.8, 4) is 0 Å². The van der Waals surface area contributed by atoms with Gasteiger partial charge in [0.05, 0.1) is 11.0 Å². The van der Waals surface area contributed by atoms with Crippen LogP contribution < -0.4 is 10.2 Å². The van der Waals surface area contributed by atoms with Gasteiger partial charge in [-0.15, -0.1) is 0 Å². The third-order valence-electron chi connectivity index (χ3n) is 4.59. The Labute approximate surface area is 156 Å². The summed E-state index contributed by atoms with van der Waals surface area (Å²) in [6.07, 6.45) is 0. The second kappa shape index (κ2) is 6.88. The molecule has 2 aromatic carbocycles. The number of piperazine rings is 1. The summed E-state index contributed by atoms with van der Waals surface area (Å²) in [6, 6.07) is 13.2. The molecule has 3 aromatic rings. The number of amides is 2. The number of hydrogen-bond donors (Lipinski definition) is 2. The summed E-state index contributed by atoms with van der Waals surface area (Å²) < 4.78 is 0. The molecule has 1 aromatic heterocycles. The monoisotopic (exact) mass is 369 g/mol. The quantitative estimate of drug-likeness (QED) is 0.720. The van der Waals surface area contributed by atoms with Crippen molar-refractivity contribution in [2.75, 3.05) is 36.4 Å². The number of hydrogen-bond acceptors (Lipinski definition) is 3. The van der Waals surface area contributed by atoms with Crippen LogP contribution in [0.25, 0.3) is 11.0 Å². The minimum absolute atomic E-state index is 0.0906. The maximum Gasteiger partial charge on any atom is 0.321 e. The first-order chi connectivity index (χ1) is 12.6. The van der Waals surface area contributed by atoms with E-state index in [0.29, 0.717) is 18.1 Å². The van der Waals surface area contributed by atoms with Crippen molar-refractivity contribution in [2.24, 2.45) is 0 Å². The second-order valence-corrected chi connectivity index (χ2v) is 6.93. The number of carbonyl (C=O) groups excluding carboxylic acids is 1. The van der Waals surface area contributed by atoms with E-state index in [1.165, 1.54) is 5.56 Å². The molecule has 0 unspecified atom stereocenters. The second-order valence-electron chi connectivity index (χ2n) is 6.49. The molecule has 0 saturated carbocycles. The Kier molecular flexibility index (Phi) is 4.42. The smallest absolute Gasteiger partial charge is 0.321 e. The summed E-state index contributed by atoms with van der Waals surface area (Å²) in [7, 11) is 0. The van der Waals surface area contributed by atoms with Crippen molar-refractivity contribution >= 4 is 40.3 Å². The van der Waals surface area contributed by atoms with E-state index in [4.69, 9.17) is 11.6 Å². The first kappa shape index (κ1) is 16.7. The highest BCUT2D eigenvalue weighted by Gasteiger charge is 2.23. The molecule has 26 heavy (non-hydrogen) atoms. The topological polar surface area (TPSA) is 64.3 Å². The molecule has 1 aliphatic heterocycles. The summed E-state index contributed by atoms with van der Waals surface area (Å²) in [5.41, 5.74) is 3.96. The predicted octanol–water partition coefficient (Wildman–Crippen LogP) is 3.88. The average Bonchev–Trinajstić information content (AvgIpc) is 3.07. The van der Waals surface area contributed by atoms with Crippen molar-refractivity contribution < 1.29 is 4.79 Å². The number of imidazole rings is 1. The number of nitrogens with one attached hydrogen (secondary N) is 2. The maximum atomic E-state index is 12.4. The van der Waals surface area contributed by atoms with E-state index in [1.54, 1.807) is 24.3 Å². The van der Waals surface area contributed by atoms with Crippen LogP contribution in [0.4, 0.5) is 16.4 Å². The summed E-state index contributed by atoms with van der Waals surface area (Å²) in [5, 5.41) is 3.56. The van der Waals surface area contributed by atoms with E-state index >= 15 is 0 Å². The fourth-order valence-electron chi connectivity index (χ4n) is 3.12. The van der Waals surface area contributed by atoms with E-state index in [1.807, 2.05) is 11.0 Å². The number of aryl methyl sites for hydroxylation is 1. The number of H-pyrrole nitrogens is 1. The summed E-state index contributed by atoms with van der Waals surface area (Å²) >= 11 is 5.87. The van der Waals surface area contributed by atoms with E-state index in [9.17, 15) is 4.79 Å². The largest absolute Gasteiger partial charge is 0.339 e. The number of urea groups is 1. The lowest BCUT2D eigenvalue weighted by molar-refractivity contribution is 0.208. The van der Waals surface area contributed by atoms with Gasteiger partial charge in [0.15, 0.2) is 0 Å². The summed E-state index contributed by atoms with van der Waals surface area (Å²) in [4.78, 5) is 24.5. The van der Waals surface area contributed by atoms with Gasteiger partial charge in [0, 0.05) is 36.9 Å². The molecule has 1 saturated heterocycles. The number of rotatable bonds is 2. The van der Waals surface area contributed by atoms with E-state index in [-0.39, 0.29) is 6.03 Å². The Morgan fingerprint density at radius 1 is 1.12 bits per heavy atom. The molecule has 2 amide bonds. The van der Waals surface area contributed by atoms with Crippen molar-refractivity contribution in [3.63, 3.8) is 0 Å². The number of aromatic nitrogens is 2. The number of benzene rings is 2. The molecule has 7 heteroatoms. The van der Waals surface area contributed by atoms with Gasteiger partial charge in [-0.25, -0.2) is 9.78 Å². The van der Waals surface area contributed by atoms with E-state index in [2.05, 4.69) is 39.2 Å². The van der Waals surface area contributed by atoms with Gasteiger partial charge in [-0.05, 0) is 48.9 Å². The number of nitrogens with zero attached hydrogens (tertiary/aromatic N) is 3. The third-order valence-corrected chi connectivity index (χ3v) is 4.84. The molecule has 6 nitrogen and oxygen atoms in total. The van der Waals surface area contributed by atoms with Crippen LogP contribution >= 0.6 is 11.6 Å². The van der Waals surface area contributed by atoms with Gasteiger partial charge in [0.2, 0.25) is 5.95 Å². The fourth-order valence-corrected chi connectivity index (χ4v) is 3.24. The molecule has 134 valence electrons. The van der Waals surface area contributed by atoms with Gasteiger partial charge in [-0.2, -0.15) is 0 Å². The first-order valence-electron chi connectivity index (χ1n) is 8.61. The zero-order valence-electron chi connectivity index (χ0n) is 14.5. The Morgan fingerprint density at radius 3 is 2.58 bits per heavy atom. The zero-order valence-corrected chi connectivity index (χ0v) is 15.3. The third kappa shape index (κ3) is 3.46. The number of carbonyl (C=O) groups is 1. The zero-order chi connectivity index (χ0) is 18.1. The Morgan fingerprint density at radius 2 is 1.85 bits per heavy atom. The van der Waals surface area contributed by atoms with Crippen LogP contribution in [0.1, 0.15) is 5.56 Å². The molecule has 2 heterocycles. The first-order valence-corrected chi connectivity index (χ1v) is 8.99. The minimum atomic E-state index is -0.0906. The van der Waals surface area contributed by atoms with E-state index < -0.39 is 0 Å². The van der Waals surface area contributed by atoms with Gasteiger partial charge >= 0.3 is 6.03 Å². The molecule has 1 aliphatic rings. The van der Waals surface area contributed by atoms with Gasteiger partial charge in [0.1, 0.15) is 0 Å². The molecular formula is C19H20ClN5O. The van der Waals surface area contributed by atoms with Gasteiger partial charge in [0.25, 0.3) is 0 Å². The van der Waals surface area contributed by atoms with Gasteiger partial charge in [-0.1, -0.05) is 17.7 Å². The Balaban J connectivity index is 1.38. The van der Waals surface area contributed by atoms with Gasteiger partial charge < -0.3 is 20.1 Å². The molecular weight excluding hydrogens is 350 g/mol. The van der Waals surface area contributed by atoms with Crippen molar-refractivity contribution in [1.82, 2.24) is 14.9 Å². The molecule has 0 atom stereocenters. The van der Waals surface area contributed by atoms with E-state index in [0.717, 1.165) is 35.8 Å². The van der Waals surface area contributed by atoms with Gasteiger partial charge in [-0.3, -0.25) is 0 Å². The van der Waals surface area contributed by atoms with Crippen LogP contribution in [-0.4, -0.2) is 47.1 Å². The highest BCUT2D eigenvalue weighted by Crippen LogP contribution is 2.20. The highest BCUT2D eigenvalue weighted by atomic mass is 35.5. The summed E-state index contributed by atoms with van der Waals surface area (Å²) in [6.45, 7) is 4.85. The molecule has 2 N–H and O–H groups in total. The SMILES string of the molecule is Cc1ccc2nc(N3CCN(C(=O)Nc4ccc(Cl)cc4)CC3)[nH]c2c1. The lowest BCUT2D eigenvalue weighted by Crippen LogP contribution is -2.50. The van der Waals surface area contributed by atoms with Crippen LogP contribution in [0.3, 0.4) is 0 Å². The molecule has 4 rings (SSSR count). The normalized spacial score (nSPS) is 14.7.